The molecule has 154 valence electrons. The fraction of sp³-hybridized carbons (Fsp3) is 0.261. The molecule has 1 amide bonds. The summed E-state index contributed by atoms with van der Waals surface area (Å²) >= 11 is 1.57. The lowest BCUT2D eigenvalue weighted by Gasteiger charge is -2.26. The minimum absolute atomic E-state index is 0.141. The minimum atomic E-state index is -0.268. The summed E-state index contributed by atoms with van der Waals surface area (Å²) in [4.78, 5) is 21.2. The highest BCUT2D eigenvalue weighted by Gasteiger charge is 2.24. The van der Waals surface area contributed by atoms with Crippen LogP contribution in [0.4, 0.5) is 0 Å². The second-order valence-corrected chi connectivity index (χ2v) is 8.94. The Balaban J connectivity index is 1.55. The second-order valence-electron chi connectivity index (χ2n) is 8.05. The Morgan fingerprint density at radius 2 is 2.00 bits per heavy atom. The van der Waals surface area contributed by atoms with Crippen LogP contribution < -0.4 is 10.6 Å². The van der Waals surface area contributed by atoms with Crippen molar-refractivity contribution in [1.82, 2.24) is 15.6 Å². The zero-order valence-corrected chi connectivity index (χ0v) is 18.0. The third kappa shape index (κ3) is 4.93. The summed E-state index contributed by atoms with van der Waals surface area (Å²) in [7, 11) is 0. The first kappa shape index (κ1) is 20.3. The lowest BCUT2D eigenvalue weighted by Crippen LogP contribution is -2.41. The number of hydrogen-bond acceptors (Lipinski definition) is 6. The van der Waals surface area contributed by atoms with Gasteiger partial charge < -0.3 is 10.1 Å². The first-order valence-electron chi connectivity index (χ1n) is 9.78. The third-order valence-electron chi connectivity index (χ3n) is 4.55. The van der Waals surface area contributed by atoms with Crippen molar-refractivity contribution in [3.8, 4) is 0 Å². The van der Waals surface area contributed by atoms with Gasteiger partial charge in [0.2, 0.25) is 5.96 Å². The molecule has 0 spiro atoms. The van der Waals surface area contributed by atoms with Crippen LogP contribution in [0.15, 0.2) is 64.7 Å². The van der Waals surface area contributed by atoms with Crippen LogP contribution in [0.3, 0.4) is 0 Å². The number of rotatable bonds is 5. The van der Waals surface area contributed by atoms with E-state index in [4.69, 9.17) is 4.74 Å². The van der Waals surface area contributed by atoms with Gasteiger partial charge in [0.15, 0.2) is 0 Å². The van der Waals surface area contributed by atoms with Gasteiger partial charge in [0.05, 0.1) is 34.0 Å². The highest BCUT2D eigenvalue weighted by molar-refractivity contribution is 7.16. The van der Waals surface area contributed by atoms with E-state index in [1.165, 1.54) is 0 Å². The van der Waals surface area contributed by atoms with Crippen molar-refractivity contribution in [1.29, 1.82) is 0 Å². The molecule has 1 atom stereocenters. The second kappa shape index (κ2) is 8.38. The Bertz CT molecular complexity index is 1110. The van der Waals surface area contributed by atoms with Gasteiger partial charge in [-0.2, -0.15) is 0 Å². The molecule has 3 aromatic rings. The zero-order chi connectivity index (χ0) is 21.1. The van der Waals surface area contributed by atoms with Gasteiger partial charge >= 0.3 is 0 Å². The van der Waals surface area contributed by atoms with Gasteiger partial charge in [0.25, 0.3) is 5.91 Å². The van der Waals surface area contributed by atoms with Crippen LogP contribution in [0.5, 0.6) is 0 Å². The molecule has 0 saturated heterocycles. The van der Waals surface area contributed by atoms with Gasteiger partial charge in [-0.15, -0.1) is 11.3 Å². The number of benzene rings is 2. The van der Waals surface area contributed by atoms with Crippen molar-refractivity contribution in [3.63, 3.8) is 0 Å². The molecular weight excluding hydrogens is 396 g/mol. The number of thiazole rings is 1. The number of guanidine groups is 1. The molecule has 4 rings (SSSR count). The topological polar surface area (TPSA) is 75.6 Å². The first-order valence-corrected chi connectivity index (χ1v) is 10.7. The van der Waals surface area contributed by atoms with Crippen LogP contribution in [0.1, 0.15) is 37.9 Å². The van der Waals surface area contributed by atoms with E-state index < -0.39 is 0 Å². The molecule has 0 aliphatic carbocycles. The van der Waals surface area contributed by atoms with Crippen molar-refractivity contribution >= 4 is 39.5 Å². The Hall–Kier alpha value is -3.03. The maximum Gasteiger partial charge on any atom is 0.276 e. The summed E-state index contributed by atoms with van der Waals surface area (Å²) in [6.45, 7) is 6.50. The maximum absolute atomic E-state index is 12.5. The number of nitrogens with zero attached hydrogens (tertiary/aromatic N) is 2. The van der Waals surface area contributed by atoms with Crippen LogP contribution in [-0.4, -0.2) is 29.1 Å². The van der Waals surface area contributed by atoms with Crippen LogP contribution in [-0.2, 0) is 9.53 Å². The van der Waals surface area contributed by atoms with Crippen molar-refractivity contribution in [3.05, 3.63) is 70.9 Å². The predicted octanol–water partition coefficient (Wildman–Crippen LogP) is 4.27. The summed E-state index contributed by atoms with van der Waals surface area (Å²) in [5.74, 6) is 0.196. The van der Waals surface area contributed by atoms with Crippen LogP contribution in [0, 0.1) is 0 Å². The van der Waals surface area contributed by atoms with E-state index in [0.29, 0.717) is 18.3 Å². The summed E-state index contributed by atoms with van der Waals surface area (Å²) in [5.41, 5.74) is 4.84. The fourth-order valence-corrected chi connectivity index (χ4v) is 3.79. The van der Waals surface area contributed by atoms with E-state index in [9.17, 15) is 4.79 Å². The van der Waals surface area contributed by atoms with Gasteiger partial charge in [0, 0.05) is 0 Å². The molecule has 1 unspecified atom stereocenters. The molecule has 0 saturated carbocycles. The molecule has 0 radical (unpaired) electrons. The average Bonchev–Trinajstić information content (AvgIpc) is 3.31. The van der Waals surface area contributed by atoms with Crippen LogP contribution >= 0.6 is 11.3 Å². The van der Waals surface area contributed by atoms with E-state index in [1.54, 1.807) is 17.4 Å². The number of amides is 1. The number of aliphatic imine (C=N–C) groups is 1. The van der Waals surface area contributed by atoms with Crippen molar-refractivity contribution in [2.75, 3.05) is 6.61 Å². The van der Waals surface area contributed by atoms with E-state index in [2.05, 4.69) is 20.6 Å². The largest absolute Gasteiger partial charge is 0.373 e. The SMILES string of the molecule is CC(C)(C)OCC(NC1=N/C(=C\c2ccc3ncsc3c2)C(=O)N1)c1ccccc1. The van der Waals surface area contributed by atoms with Gasteiger partial charge in [-0.1, -0.05) is 36.4 Å². The van der Waals surface area contributed by atoms with E-state index >= 15 is 0 Å². The molecule has 0 bridgehead atoms. The molecule has 30 heavy (non-hydrogen) atoms. The number of fused-ring (bicyclic) bond motifs is 1. The first-order chi connectivity index (χ1) is 14.4. The molecule has 2 N–H and O–H groups in total. The number of nitrogens with one attached hydrogen (secondary N) is 2. The molecule has 0 fully saturated rings. The van der Waals surface area contributed by atoms with Gasteiger partial charge in [-0.3, -0.25) is 10.1 Å². The standard InChI is InChI=1S/C23H24N4O2S/c1-23(2,3)29-13-19(16-7-5-4-6-8-16)26-22-25-18(21(28)27-22)11-15-9-10-17-20(12-15)30-14-24-17/h4-12,14,19H,13H2,1-3H3,(H2,25,26,27,28)/b18-11-. The monoisotopic (exact) mass is 420 g/mol. The fourth-order valence-electron chi connectivity index (χ4n) is 3.06. The normalized spacial score (nSPS) is 16.6. The van der Waals surface area contributed by atoms with Gasteiger partial charge in [-0.05, 0) is 50.1 Å². The molecule has 2 heterocycles. The van der Waals surface area contributed by atoms with Crippen molar-refractivity contribution in [2.45, 2.75) is 32.4 Å². The minimum Gasteiger partial charge on any atom is -0.373 e. The van der Waals surface area contributed by atoms with E-state index in [-0.39, 0.29) is 17.6 Å². The summed E-state index contributed by atoms with van der Waals surface area (Å²) in [5, 5.41) is 6.14. The summed E-state index contributed by atoms with van der Waals surface area (Å²) in [6, 6.07) is 15.8. The Kier molecular flexibility index (Phi) is 5.65. The quantitative estimate of drug-likeness (QED) is 0.605. The van der Waals surface area contributed by atoms with Gasteiger partial charge in [-0.25, -0.2) is 9.98 Å². The molecule has 6 nitrogen and oxygen atoms in total. The molecule has 1 aliphatic rings. The number of carbonyl (C=O) groups excluding carboxylic acids is 1. The van der Waals surface area contributed by atoms with E-state index in [1.807, 2.05) is 74.8 Å². The number of hydrogen-bond donors (Lipinski definition) is 2. The zero-order valence-electron chi connectivity index (χ0n) is 17.2. The van der Waals surface area contributed by atoms with Crippen molar-refractivity contribution in [2.24, 2.45) is 4.99 Å². The molecule has 1 aliphatic heterocycles. The van der Waals surface area contributed by atoms with E-state index in [0.717, 1.165) is 21.3 Å². The van der Waals surface area contributed by atoms with Gasteiger partial charge in [0.1, 0.15) is 5.70 Å². The van der Waals surface area contributed by atoms with Crippen LogP contribution in [0.2, 0.25) is 0 Å². The lowest BCUT2D eigenvalue weighted by atomic mass is 10.1. The molecule has 2 aromatic carbocycles. The average molecular weight is 421 g/mol. The molecule has 7 heteroatoms. The van der Waals surface area contributed by atoms with Crippen molar-refractivity contribution < 1.29 is 9.53 Å². The molecular formula is C23H24N4O2S. The Labute approximate surface area is 179 Å². The summed E-state index contributed by atoms with van der Waals surface area (Å²) in [6.07, 6.45) is 1.78. The highest BCUT2D eigenvalue weighted by atomic mass is 32.1. The number of carbonyl (C=O) groups is 1. The molecule has 1 aromatic heterocycles. The predicted molar refractivity (Wildman–Crippen MR) is 121 cm³/mol. The Morgan fingerprint density at radius 3 is 2.77 bits per heavy atom. The van der Waals surface area contributed by atoms with Crippen LogP contribution in [0.25, 0.3) is 16.3 Å². The maximum atomic E-state index is 12.5. The number of aromatic nitrogens is 1. The smallest absolute Gasteiger partial charge is 0.276 e. The third-order valence-corrected chi connectivity index (χ3v) is 5.34. The highest BCUT2D eigenvalue weighted by Crippen LogP contribution is 2.22. The lowest BCUT2D eigenvalue weighted by molar-refractivity contribution is -0.115. The Morgan fingerprint density at radius 1 is 1.20 bits per heavy atom. The number of ether oxygens (including phenoxy) is 1. The summed E-state index contributed by atoms with van der Waals surface area (Å²) < 4.78 is 7.07.